The monoisotopic (exact) mass is 239 g/mol. The number of hydrogen-bond acceptors (Lipinski definition) is 3. The summed E-state index contributed by atoms with van der Waals surface area (Å²) in [6.07, 6.45) is 1.78. The van der Waals surface area contributed by atoms with Crippen LogP contribution >= 0.6 is 11.6 Å². The Kier molecular flexibility index (Phi) is 3.31. The van der Waals surface area contributed by atoms with E-state index < -0.39 is 0 Å². The number of aryl methyl sites for hydroxylation is 1. The first-order chi connectivity index (χ1) is 7.70. The number of ether oxygens (including phenoxy) is 1. The Labute approximate surface area is 98.8 Å². The van der Waals surface area contributed by atoms with Gasteiger partial charge in [0.1, 0.15) is 11.3 Å². The lowest BCUT2D eigenvalue weighted by Crippen LogP contribution is -1.94. The van der Waals surface area contributed by atoms with E-state index in [4.69, 9.17) is 22.1 Å². The third-order valence-corrected chi connectivity index (χ3v) is 2.61. The summed E-state index contributed by atoms with van der Waals surface area (Å²) in [5.41, 5.74) is 8.12. The van der Waals surface area contributed by atoms with Crippen molar-refractivity contribution in [3.63, 3.8) is 0 Å². The van der Waals surface area contributed by atoms with Crippen LogP contribution in [0, 0.1) is 0 Å². The van der Waals surface area contributed by atoms with Crippen molar-refractivity contribution >= 4 is 28.3 Å². The molecule has 0 aliphatic heterocycles. The van der Waals surface area contributed by atoms with Crippen molar-refractivity contribution in [2.45, 2.75) is 12.8 Å². The van der Waals surface area contributed by atoms with Crippen LogP contribution in [0.3, 0.4) is 0 Å². The van der Waals surface area contributed by atoms with Gasteiger partial charge in [-0.25, -0.2) is 4.98 Å². The van der Waals surface area contributed by atoms with Gasteiger partial charge in [0.25, 0.3) is 0 Å². The van der Waals surface area contributed by atoms with E-state index in [1.165, 1.54) is 0 Å². The molecule has 0 radical (unpaired) electrons. The fraction of sp³-hybridized carbons (Fsp3) is 0.364. The van der Waals surface area contributed by atoms with Gasteiger partial charge in [-0.2, -0.15) is 0 Å². The fourth-order valence-corrected chi connectivity index (χ4v) is 1.89. The number of imidazole rings is 1. The fourth-order valence-electron chi connectivity index (χ4n) is 1.66. The highest BCUT2D eigenvalue weighted by Gasteiger charge is 2.06. The molecule has 0 spiro atoms. The summed E-state index contributed by atoms with van der Waals surface area (Å²) in [7, 11) is 1.69. The first-order valence-electron chi connectivity index (χ1n) is 5.13. The Morgan fingerprint density at radius 3 is 3.06 bits per heavy atom. The molecule has 86 valence electrons. The minimum Gasteiger partial charge on any atom is -0.397 e. The van der Waals surface area contributed by atoms with Crippen LogP contribution in [0.25, 0.3) is 11.0 Å². The number of rotatable bonds is 4. The van der Waals surface area contributed by atoms with Crippen LogP contribution in [0.15, 0.2) is 12.1 Å². The van der Waals surface area contributed by atoms with E-state index in [1.54, 1.807) is 13.2 Å². The van der Waals surface area contributed by atoms with E-state index in [0.29, 0.717) is 10.7 Å². The second-order valence-corrected chi connectivity index (χ2v) is 4.11. The number of methoxy groups -OCH3 is 1. The molecule has 4 nitrogen and oxygen atoms in total. The Hall–Kier alpha value is -1.26. The minimum atomic E-state index is 0.608. The van der Waals surface area contributed by atoms with Gasteiger partial charge in [0.2, 0.25) is 0 Å². The SMILES string of the molecule is COCCCc1nc2c(N)cc(Cl)cc2[nH]1. The van der Waals surface area contributed by atoms with Gasteiger partial charge in [-0.1, -0.05) is 11.6 Å². The van der Waals surface area contributed by atoms with Crippen molar-refractivity contribution in [3.8, 4) is 0 Å². The second-order valence-electron chi connectivity index (χ2n) is 3.67. The first-order valence-corrected chi connectivity index (χ1v) is 5.51. The van der Waals surface area contributed by atoms with Crippen LogP contribution in [0.5, 0.6) is 0 Å². The lowest BCUT2D eigenvalue weighted by Gasteiger charge is -1.95. The summed E-state index contributed by atoms with van der Waals surface area (Å²) in [5.74, 6) is 0.918. The van der Waals surface area contributed by atoms with Gasteiger partial charge < -0.3 is 15.5 Å². The average molecular weight is 240 g/mol. The summed E-state index contributed by atoms with van der Waals surface area (Å²) in [4.78, 5) is 7.64. The molecule has 1 heterocycles. The molecule has 0 saturated heterocycles. The molecule has 1 aromatic carbocycles. The van der Waals surface area contributed by atoms with Gasteiger partial charge in [0, 0.05) is 25.2 Å². The van der Waals surface area contributed by atoms with Crippen molar-refractivity contribution in [2.24, 2.45) is 0 Å². The molecule has 2 aromatic rings. The number of hydrogen-bond donors (Lipinski definition) is 2. The molecule has 2 rings (SSSR count). The molecule has 0 bridgehead atoms. The minimum absolute atomic E-state index is 0.608. The van der Waals surface area contributed by atoms with Crippen LogP contribution in [-0.2, 0) is 11.2 Å². The Morgan fingerprint density at radius 2 is 2.31 bits per heavy atom. The van der Waals surface area contributed by atoms with Crippen molar-refractivity contribution in [1.82, 2.24) is 9.97 Å². The summed E-state index contributed by atoms with van der Waals surface area (Å²) >= 11 is 5.91. The van der Waals surface area contributed by atoms with Gasteiger partial charge in [-0.3, -0.25) is 0 Å². The molecule has 0 unspecified atom stereocenters. The van der Waals surface area contributed by atoms with Crippen LogP contribution in [0.4, 0.5) is 5.69 Å². The number of benzene rings is 1. The molecule has 16 heavy (non-hydrogen) atoms. The number of halogens is 1. The number of nitrogens with zero attached hydrogens (tertiary/aromatic N) is 1. The van der Waals surface area contributed by atoms with Crippen LogP contribution in [-0.4, -0.2) is 23.7 Å². The number of aromatic nitrogens is 2. The Bertz CT molecular complexity index is 495. The number of nitrogen functional groups attached to an aromatic ring is 1. The molecule has 0 saturated carbocycles. The lowest BCUT2D eigenvalue weighted by atomic mass is 10.3. The van der Waals surface area contributed by atoms with Crippen molar-refractivity contribution in [1.29, 1.82) is 0 Å². The predicted molar refractivity (Wildman–Crippen MR) is 65.7 cm³/mol. The van der Waals surface area contributed by atoms with Crippen molar-refractivity contribution in [3.05, 3.63) is 23.0 Å². The van der Waals surface area contributed by atoms with E-state index in [-0.39, 0.29) is 0 Å². The maximum atomic E-state index is 5.91. The number of H-pyrrole nitrogens is 1. The zero-order valence-corrected chi connectivity index (χ0v) is 9.84. The third-order valence-electron chi connectivity index (χ3n) is 2.39. The van der Waals surface area contributed by atoms with E-state index in [1.807, 2.05) is 6.07 Å². The van der Waals surface area contributed by atoms with E-state index in [0.717, 1.165) is 36.3 Å². The van der Waals surface area contributed by atoms with Crippen molar-refractivity contribution < 1.29 is 4.74 Å². The number of nitrogens with one attached hydrogen (secondary N) is 1. The van der Waals surface area contributed by atoms with Crippen LogP contribution < -0.4 is 5.73 Å². The van der Waals surface area contributed by atoms with E-state index in [2.05, 4.69) is 9.97 Å². The largest absolute Gasteiger partial charge is 0.397 e. The molecule has 0 atom stereocenters. The second kappa shape index (κ2) is 4.72. The quantitative estimate of drug-likeness (QED) is 0.636. The molecule has 0 aliphatic carbocycles. The maximum Gasteiger partial charge on any atom is 0.112 e. The molecule has 0 fully saturated rings. The zero-order valence-electron chi connectivity index (χ0n) is 9.09. The summed E-state index contributed by atoms with van der Waals surface area (Å²) in [6, 6.07) is 3.55. The number of nitrogens with two attached hydrogens (primary N) is 1. The Balaban J connectivity index is 2.26. The normalized spacial score (nSPS) is 11.1. The van der Waals surface area contributed by atoms with Gasteiger partial charge >= 0.3 is 0 Å². The highest BCUT2D eigenvalue weighted by Crippen LogP contribution is 2.24. The summed E-state index contributed by atoms with van der Waals surface area (Å²) in [6.45, 7) is 0.729. The molecular weight excluding hydrogens is 226 g/mol. The van der Waals surface area contributed by atoms with Gasteiger partial charge in [0.15, 0.2) is 0 Å². The lowest BCUT2D eigenvalue weighted by molar-refractivity contribution is 0.194. The molecule has 0 aliphatic rings. The van der Waals surface area contributed by atoms with Gasteiger partial charge in [-0.05, 0) is 18.6 Å². The smallest absolute Gasteiger partial charge is 0.112 e. The molecule has 5 heteroatoms. The standard InChI is InChI=1S/C11H14ClN3O/c1-16-4-2-3-10-14-9-6-7(12)5-8(13)11(9)15-10/h5-6H,2-4,13H2,1H3,(H,14,15). The topological polar surface area (TPSA) is 63.9 Å². The van der Waals surface area contributed by atoms with Crippen LogP contribution in [0.2, 0.25) is 5.02 Å². The first kappa shape index (κ1) is 11.2. The number of anilines is 1. The van der Waals surface area contributed by atoms with Crippen LogP contribution in [0.1, 0.15) is 12.2 Å². The Morgan fingerprint density at radius 1 is 1.50 bits per heavy atom. The molecule has 3 N–H and O–H groups in total. The van der Waals surface area contributed by atoms with Crippen molar-refractivity contribution in [2.75, 3.05) is 19.5 Å². The number of aromatic amines is 1. The van der Waals surface area contributed by atoms with Gasteiger partial charge in [0.05, 0.1) is 11.2 Å². The third kappa shape index (κ3) is 2.28. The average Bonchev–Trinajstić information content (AvgIpc) is 2.61. The highest BCUT2D eigenvalue weighted by molar-refractivity contribution is 6.31. The zero-order chi connectivity index (χ0) is 11.5. The highest BCUT2D eigenvalue weighted by atomic mass is 35.5. The summed E-state index contributed by atoms with van der Waals surface area (Å²) in [5, 5.41) is 0.622. The molecular formula is C11H14ClN3O. The number of fused-ring (bicyclic) bond motifs is 1. The predicted octanol–water partition coefficient (Wildman–Crippen LogP) is 2.38. The summed E-state index contributed by atoms with van der Waals surface area (Å²) < 4.78 is 4.99. The van der Waals surface area contributed by atoms with E-state index in [9.17, 15) is 0 Å². The molecule has 1 aromatic heterocycles. The van der Waals surface area contributed by atoms with Gasteiger partial charge in [-0.15, -0.1) is 0 Å². The van der Waals surface area contributed by atoms with E-state index >= 15 is 0 Å². The molecule has 0 amide bonds. The maximum absolute atomic E-state index is 5.91.